The summed E-state index contributed by atoms with van der Waals surface area (Å²) in [4.78, 5) is 0. The molecule has 94 valence electrons. The van der Waals surface area contributed by atoms with Gasteiger partial charge >= 0.3 is 0 Å². The van der Waals surface area contributed by atoms with Crippen molar-refractivity contribution in [2.45, 2.75) is 12.8 Å². The summed E-state index contributed by atoms with van der Waals surface area (Å²) in [5.41, 5.74) is 2.02. The summed E-state index contributed by atoms with van der Waals surface area (Å²) in [5, 5.41) is 12.8. The highest BCUT2D eigenvalue weighted by Crippen LogP contribution is 2.21. The molecule has 0 saturated carbocycles. The molecular formula is C14H17N3O. The van der Waals surface area contributed by atoms with E-state index in [0.29, 0.717) is 5.92 Å². The number of aromatic nitrogens is 2. The Kier molecular flexibility index (Phi) is 3.37. The van der Waals surface area contributed by atoms with E-state index in [4.69, 9.17) is 4.74 Å². The number of anilines is 1. The van der Waals surface area contributed by atoms with Crippen LogP contribution >= 0.6 is 0 Å². The fraction of sp³-hybridized carbons (Fsp3) is 0.429. The van der Waals surface area contributed by atoms with Gasteiger partial charge in [-0.05, 0) is 24.8 Å². The van der Waals surface area contributed by atoms with E-state index in [-0.39, 0.29) is 0 Å². The molecule has 1 fully saturated rings. The smallest absolute Gasteiger partial charge is 0.0950 e. The Morgan fingerprint density at radius 3 is 2.94 bits per heavy atom. The lowest BCUT2D eigenvalue weighted by molar-refractivity contribution is 0.0699. The molecule has 0 amide bonds. The molecule has 0 aliphatic carbocycles. The van der Waals surface area contributed by atoms with Crippen molar-refractivity contribution in [2.24, 2.45) is 5.92 Å². The first-order valence-corrected chi connectivity index (χ1v) is 6.45. The molecule has 1 aliphatic rings. The predicted molar refractivity (Wildman–Crippen MR) is 71.6 cm³/mol. The molecule has 18 heavy (non-hydrogen) atoms. The van der Waals surface area contributed by atoms with Crippen LogP contribution in [0.4, 0.5) is 5.69 Å². The van der Waals surface area contributed by atoms with Crippen LogP contribution in [-0.2, 0) is 4.74 Å². The van der Waals surface area contributed by atoms with Crippen LogP contribution in [0.1, 0.15) is 12.8 Å². The van der Waals surface area contributed by atoms with Crippen molar-refractivity contribution in [1.82, 2.24) is 10.2 Å². The fourth-order valence-corrected chi connectivity index (χ4v) is 2.35. The van der Waals surface area contributed by atoms with Crippen LogP contribution in [0, 0.1) is 5.92 Å². The molecule has 1 aromatic carbocycles. The van der Waals surface area contributed by atoms with Gasteiger partial charge in [0.2, 0.25) is 0 Å². The van der Waals surface area contributed by atoms with Gasteiger partial charge in [-0.1, -0.05) is 18.2 Å². The SMILES string of the molecule is c1ccc2c(NCC3CCOCC3)cnnc2c1. The molecule has 3 rings (SSSR count). The second-order valence-electron chi connectivity index (χ2n) is 4.71. The van der Waals surface area contributed by atoms with Crippen molar-refractivity contribution in [1.29, 1.82) is 0 Å². The summed E-state index contributed by atoms with van der Waals surface area (Å²) in [6.45, 7) is 2.77. The Morgan fingerprint density at radius 1 is 1.22 bits per heavy atom. The van der Waals surface area contributed by atoms with Gasteiger partial charge in [0.25, 0.3) is 0 Å². The van der Waals surface area contributed by atoms with E-state index in [0.717, 1.165) is 49.2 Å². The second-order valence-corrected chi connectivity index (χ2v) is 4.71. The van der Waals surface area contributed by atoms with Crippen molar-refractivity contribution < 1.29 is 4.74 Å². The molecule has 0 atom stereocenters. The minimum absolute atomic E-state index is 0.700. The van der Waals surface area contributed by atoms with E-state index >= 15 is 0 Å². The zero-order chi connectivity index (χ0) is 12.2. The van der Waals surface area contributed by atoms with Crippen LogP contribution in [0.2, 0.25) is 0 Å². The Hall–Kier alpha value is -1.68. The quantitative estimate of drug-likeness (QED) is 0.899. The van der Waals surface area contributed by atoms with Gasteiger partial charge in [-0.2, -0.15) is 10.2 Å². The maximum atomic E-state index is 5.37. The van der Waals surface area contributed by atoms with E-state index in [9.17, 15) is 0 Å². The summed E-state index contributed by atoms with van der Waals surface area (Å²) in [7, 11) is 0. The molecule has 2 aromatic rings. The van der Waals surface area contributed by atoms with Crippen molar-refractivity contribution in [3.05, 3.63) is 30.5 Å². The van der Waals surface area contributed by atoms with Gasteiger partial charge < -0.3 is 10.1 Å². The average Bonchev–Trinajstić information content (AvgIpc) is 2.46. The fourth-order valence-electron chi connectivity index (χ4n) is 2.35. The predicted octanol–water partition coefficient (Wildman–Crippen LogP) is 2.47. The van der Waals surface area contributed by atoms with Crippen molar-refractivity contribution in [2.75, 3.05) is 25.1 Å². The van der Waals surface area contributed by atoms with Crippen LogP contribution in [-0.4, -0.2) is 30.0 Å². The van der Waals surface area contributed by atoms with Gasteiger partial charge in [-0.3, -0.25) is 0 Å². The molecule has 1 aliphatic heterocycles. The molecule has 1 aromatic heterocycles. The highest BCUT2D eigenvalue weighted by atomic mass is 16.5. The molecule has 0 bridgehead atoms. The number of nitrogens with one attached hydrogen (secondary N) is 1. The van der Waals surface area contributed by atoms with Crippen molar-refractivity contribution in [3.63, 3.8) is 0 Å². The van der Waals surface area contributed by atoms with Crippen LogP contribution in [0.3, 0.4) is 0 Å². The number of benzene rings is 1. The van der Waals surface area contributed by atoms with Crippen molar-refractivity contribution >= 4 is 16.6 Å². The first kappa shape index (κ1) is 11.4. The third-order valence-corrected chi connectivity index (χ3v) is 3.47. The Bertz CT molecular complexity index is 518. The molecule has 4 nitrogen and oxygen atoms in total. The number of hydrogen-bond donors (Lipinski definition) is 1. The van der Waals surface area contributed by atoms with Gasteiger partial charge in [-0.15, -0.1) is 0 Å². The molecule has 1 N–H and O–H groups in total. The van der Waals surface area contributed by atoms with Crippen LogP contribution in [0.25, 0.3) is 10.9 Å². The lowest BCUT2D eigenvalue weighted by Crippen LogP contribution is -2.22. The van der Waals surface area contributed by atoms with Crippen LogP contribution in [0.15, 0.2) is 30.5 Å². The molecule has 4 heteroatoms. The van der Waals surface area contributed by atoms with Gasteiger partial charge in [0.1, 0.15) is 0 Å². The summed E-state index contributed by atoms with van der Waals surface area (Å²) in [5.74, 6) is 0.700. The Labute approximate surface area is 106 Å². The molecule has 0 spiro atoms. The number of ether oxygens (including phenoxy) is 1. The average molecular weight is 243 g/mol. The molecular weight excluding hydrogens is 226 g/mol. The molecule has 0 radical (unpaired) electrons. The standard InChI is InChI=1S/C14H17N3O/c1-2-4-13-12(3-1)14(10-16-17-13)15-9-11-5-7-18-8-6-11/h1-4,10-11H,5-9H2,(H,15,17). The largest absolute Gasteiger partial charge is 0.383 e. The second kappa shape index (κ2) is 5.31. The Balaban J connectivity index is 1.74. The molecule has 2 heterocycles. The first-order valence-electron chi connectivity index (χ1n) is 6.45. The van der Waals surface area contributed by atoms with Gasteiger partial charge in [0.15, 0.2) is 0 Å². The maximum Gasteiger partial charge on any atom is 0.0950 e. The zero-order valence-electron chi connectivity index (χ0n) is 10.3. The van der Waals surface area contributed by atoms with Gasteiger partial charge in [0.05, 0.1) is 17.4 Å². The van der Waals surface area contributed by atoms with Crippen LogP contribution < -0.4 is 5.32 Å². The van der Waals surface area contributed by atoms with Gasteiger partial charge in [-0.25, -0.2) is 0 Å². The van der Waals surface area contributed by atoms with E-state index in [1.54, 1.807) is 0 Å². The van der Waals surface area contributed by atoms with Gasteiger partial charge in [0, 0.05) is 25.1 Å². The van der Waals surface area contributed by atoms with E-state index in [1.165, 1.54) is 0 Å². The van der Waals surface area contributed by atoms with Crippen molar-refractivity contribution in [3.8, 4) is 0 Å². The van der Waals surface area contributed by atoms with Crippen LogP contribution in [0.5, 0.6) is 0 Å². The summed E-state index contributed by atoms with van der Waals surface area (Å²) in [6, 6.07) is 8.08. The summed E-state index contributed by atoms with van der Waals surface area (Å²) < 4.78 is 5.37. The number of nitrogens with zero attached hydrogens (tertiary/aromatic N) is 2. The number of rotatable bonds is 3. The summed E-state index contributed by atoms with van der Waals surface area (Å²) in [6.07, 6.45) is 4.09. The first-order chi connectivity index (χ1) is 8.93. The van der Waals surface area contributed by atoms with E-state index < -0.39 is 0 Å². The third kappa shape index (κ3) is 2.43. The molecule has 1 saturated heterocycles. The number of fused-ring (bicyclic) bond motifs is 1. The van der Waals surface area contributed by atoms with E-state index in [1.807, 2.05) is 24.4 Å². The monoisotopic (exact) mass is 243 g/mol. The highest BCUT2D eigenvalue weighted by Gasteiger charge is 2.13. The topological polar surface area (TPSA) is 47.0 Å². The maximum absolute atomic E-state index is 5.37. The third-order valence-electron chi connectivity index (χ3n) is 3.47. The minimum atomic E-state index is 0.700. The Morgan fingerprint density at radius 2 is 2.06 bits per heavy atom. The summed E-state index contributed by atoms with van der Waals surface area (Å²) >= 11 is 0. The molecule has 0 unspecified atom stereocenters. The lowest BCUT2D eigenvalue weighted by Gasteiger charge is -2.22. The highest BCUT2D eigenvalue weighted by molar-refractivity contribution is 5.90. The minimum Gasteiger partial charge on any atom is -0.383 e. The number of hydrogen-bond acceptors (Lipinski definition) is 4. The zero-order valence-corrected chi connectivity index (χ0v) is 10.3. The normalized spacial score (nSPS) is 16.9. The van der Waals surface area contributed by atoms with E-state index in [2.05, 4.69) is 21.6 Å². The lowest BCUT2D eigenvalue weighted by atomic mass is 10.0.